The number of nitrogens with zero attached hydrogens (tertiary/aromatic N) is 4. The van der Waals surface area contributed by atoms with Crippen molar-refractivity contribution in [2.75, 3.05) is 17.3 Å². The summed E-state index contributed by atoms with van der Waals surface area (Å²) in [5.41, 5.74) is 4.22. The van der Waals surface area contributed by atoms with E-state index in [0.29, 0.717) is 17.9 Å². The minimum atomic E-state index is -2.89. The van der Waals surface area contributed by atoms with Crippen molar-refractivity contribution in [2.45, 2.75) is 57.7 Å². The number of guanidine groups is 1. The monoisotopic (exact) mass is 489 g/mol. The Morgan fingerprint density at radius 2 is 1.81 bits per heavy atom. The molecule has 1 fully saturated rings. The van der Waals surface area contributed by atoms with Crippen LogP contribution in [0.4, 0.5) is 26.0 Å². The van der Waals surface area contributed by atoms with Crippen molar-refractivity contribution >= 4 is 29.1 Å². The molecule has 1 saturated carbocycles. The van der Waals surface area contributed by atoms with Crippen molar-refractivity contribution in [3.8, 4) is 0 Å². The highest BCUT2D eigenvalue weighted by molar-refractivity contribution is 6.22. The molecule has 1 N–H and O–H groups in total. The molecule has 3 heterocycles. The first kappa shape index (κ1) is 22.8. The molecule has 186 valence electrons. The number of amides is 1. The molecule has 0 radical (unpaired) electrons. The number of para-hydroxylation sites is 1. The number of alkyl halides is 2. The second-order valence-corrected chi connectivity index (χ2v) is 10.0. The summed E-state index contributed by atoms with van der Waals surface area (Å²) in [4.78, 5) is 22.6. The molecule has 0 spiro atoms. The summed E-state index contributed by atoms with van der Waals surface area (Å²) < 4.78 is 29.6. The van der Waals surface area contributed by atoms with E-state index in [0.717, 1.165) is 54.8 Å². The predicted molar refractivity (Wildman–Crippen MR) is 137 cm³/mol. The van der Waals surface area contributed by atoms with Crippen LogP contribution in [-0.2, 0) is 12.5 Å². The number of fused-ring (bicyclic) bond motifs is 5. The van der Waals surface area contributed by atoms with E-state index < -0.39 is 5.92 Å². The van der Waals surface area contributed by atoms with Gasteiger partial charge < -0.3 is 14.8 Å². The summed E-state index contributed by atoms with van der Waals surface area (Å²) in [7, 11) is 1.79. The maximum absolute atomic E-state index is 13.8. The van der Waals surface area contributed by atoms with Gasteiger partial charge in [-0.05, 0) is 43.9 Å². The van der Waals surface area contributed by atoms with E-state index in [1.165, 1.54) is 12.1 Å². The normalized spacial score (nSPS) is 20.8. The third kappa shape index (κ3) is 3.50. The van der Waals surface area contributed by atoms with Gasteiger partial charge in [-0.15, -0.1) is 0 Å². The first-order chi connectivity index (χ1) is 17.2. The van der Waals surface area contributed by atoms with Gasteiger partial charge in [0.2, 0.25) is 5.96 Å². The lowest BCUT2D eigenvalue weighted by Gasteiger charge is -2.36. The molecule has 2 unspecified atom stereocenters. The first-order valence-electron chi connectivity index (χ1n) is 12.4. The first-order valence-corrected chi connectivity index (χ1v) is 12.4. The van der Waals surface area contributed by atoms with E-state index in [1.54, 1.807) is 24.1 Å². The number of benzene rings is 2. The Bertz CT molecular complexity index is 1360. The van der Waals surface area contributed by atoms with E-state index in [1.807, 2.05) is 37.3 Å². The average molecular weight is 490 g/mol. The highest BCUT2D eigenvalue weighted by Gasteiger charge is 2.49. The van der Waals surface area contributed by atoms with Crippen LogP contribution in [0.5, 0.6) is 0 Å². The van der Waals surface area contributed by atoms with Crippen LogP contribution in [-0.4, -0.2) is 40.5 Å². The SMILES string of the molecule is Cc1c2c(c(Nc3ccccc3)n1Cc1ccc(C(C)(F)F)cc1)C(=O)N(C)C1=NC3CCCC3N12. The van der Waals surface area contributed by atoms with Gasteiger partial charge >= 0.3 is 0 Å². The predicted octanol–water partition coefficient (Wildman–Crippen LogP) is 5.88. The lowest BCUT2D eigenvalue weighted by atomic mass is 10.1. The second-order valence-electron chi connectivity index (χ2n) is 10.0. The van der Waals surface area contributed by atoms with Crippen LogP contribution >= 0.6 is 0 Å². The van der Waals surface area contributed by atoms with Gasteiger partial charge in [-0.1, -0.05) is 42.5 Å². The zero-order valence-electron chi connectivity index (χ0n) is 20.6. The Labute approximate surface area is 209 Å². The molecule has 36 heavy (non-hydrogen) atoms. The van der Waals surface area contributed by atoms with E-state index in [4.69, 9.17) is 4.99 Å². The highest BCUT2D eigenvalue weighted by Crippen LogP contribution is 2.46. The van der Waals surface area contributed by atoms with Crippen LogP contribution in [0, 0.1) is 6.92 Å². The van der Waals surface area contributed by atoms with Crippen molar-refractivity contribution < 1.29 is 13.6 Å². The number of aliphatic imine (C=N–C) groups is 1. The van der Waals surface area contributed by atoms with Crippen molar-refractivity contribution in [2.24, 2.45) is 4.99 Å². The third-order valence-electron chi connectivity index (χ3n) is 7.66. The molecule has 6 nitrogen and oxygen atoms in total. The van der Waals surface area contributed by atoms with Crippen LogP contribution in [0.1, 0.15) is 53.4 Å². The van der Waals surface area contributed by atoms with Gasteiger partial charge in [0.05, 0.1) is 17.8 Å². The molecule has 2 atom stereocenters. The number of rotatable bonds is 5. The molecular weight excluding hydrogens is 460 g/mol. The fraction of sp³-hybridized carbons (Fsp3) is 0.357. The number of carbonyl (C=O) groups excluding carboxylic acids is 1. The molecule has 8 heteroatoms. The van der Waals surface area contributed by atoms with E-state index in [-0.39, 0.29) is 23.6 Å². The molecule has 2 aromatic carbocycles. The molecule has 1 aromatic heterocycles. The minimum absolute atomic E-state index is 0.0144. The standard InChI is InChI=1S/C28H29F2N5O/c1-17-24-23(26(36)33(3)27-32-21-10-7-11-22(21)35(24)27)25(31-20-8-5-4-6-9-20)34(17)16-18-12-14-19(15-13-18)28(2,29)30/h4-6,8-9,12-15,21-22,31H,7,10-11,16H2,1-3H3. The average Bonchev–Trinajstić information content (AvgIpc) is 3.52. The largest absolute Gasteiger partial charge is 0.341 e. The van der Waals surface area contributed by atoms with E-state index >= 15 is 0 Å². The molecule has 3 aliphatic rings. The van der Waals surface area contributed by atoms with Crippen LogP contribution in [0.25, 0.3) is 0 Å². The summed E-state index contributed by atoms with van der Waals surface area (Å²) in [6.07, 6.45) is 3.20. The third-order valence-corrected chi connectivity index (χ3v) is 7.66. The van der Waals surface area contributed by atoms with Gasteiger partial charge in [0.25, 0.3) is 11.8 Å². The molecule has 2 aliphatic heterocycles. The smallest absolute Gasteiger partial charge is 0.270 e. The molecule has 3 aromatic rings. The Morgan fingerprint density at radius 1 is 1.08 bits per heavy atom. The molecule has 1 amide bonds. The number of hydrogen-bond donors (Lipinski definition) is 1. The van der Waals surface area contributed by atoms with E-state index in [9.17, 15) is 13.6 Å². The number of hydrogen-bond acceptors (Lipinski definition) is 4. The Morgan fingerprint density at radius 3 is 2.50 bits per heavy atom. The summed E-state index contributed by atoms with van der Waals surface area (Å²) in [6, 6.07) is 16.6. The number of halogens is 2. The zero-order valence-corrected chi connectivity index (χ0v) is 20.6. The number of nitrogens with one attached hydrogen (secondary N) is 1. The van der Waals surface area contributed by atoms with Crippen molar-refractivity contribution in [1.82, 2.24) is 9.47 Å². The van der Waals surface area contributed by atoms with Crippen molar-refractivity contribution in [3.63, 3.8) is 0 Å². The summed E-state index contributed by atoms with van der Waals surface area (Å²) in [5, 5.41) is 3.50. The number of anilines is 3. The van der Waals surface area contributed by atoms with Gasteiger partial charge in [0, 0.05) is 37.5 Å². The van der Waals surface area contributed by atoms with Crippen LogP contribution < -0.4 is 10.2 Å². The second kappa shape index (κ2) is 8.18. The fourth-order valence-electron chi connectivity index (χ4n) is 5.80. The summed E-state index contributed by atoms with van der Waals surface area (Å²) >= 11 is 0. The maximum atomic E-state index is 13.8. The van der Waals surface area contributed by atoms with Crippen LogP contribution in [0.2, 0.25) is 0 Å². The maximum Gasteiger partial charge on any atom is 0.270 e. The van der Waals surface area contributed by atoms with Crippen molar-refractivity contribution in [1.29, 1.82) is 0 Å². The van der Waals surface area contributed by atoms with Crippen LogP contribution in [0.15, 0.2) is 59.6 Å². The quantitative estimate of drug-likeness (QED) is 0.487. The highest BCUT2D eigenvalue weighted by atomic mass is 19.3. The zero-order chi connectivity index (χ0) is 25.2. The molecular formula is C28H29F2N5O. The van der Waals surface area contributed by atoms with Gasteiger partial charge in [-0.2, -0.15) is 0 Å². The lowest BCUT2D eigenvalue weighted by molar-refractivity contribution is 0.0174. The molecule has 6 rings (SSSR count). The van der Waals surface area contributed by atoms with Crippen LogP contribution in [0.3, 0.4) is 0 Å². The molecule has 0 bridgehead atoms. The molecule has 0 saturated heterocycles. The summed E-state index contributed by atoms with van der Waals surface area (Å²) in [5.74, 6) is -1.55. The Balaban J connectivity index is 1.49. The lowest BCUT2D eigenvalue weighted by Crippen LogP contribution is -2.51. The van der Waals surface area contributed by atoms with Gasteiger partial charge in [-0.25, -0.2) is 13.8 Å². The van der Waals surface area contributed by atoms with Gasteiger partial charge in [-0.3, -0.25) is 9.69 Å². The Hall–Kier alpha value is -3.68. The number of carbonyl (C=O) groups is 1. The van der Waals surface area contributed by atoms with Gasteiger partial charge in [0.1, 0.15) is 11.4 Å². The van der Waals surface area contributed by atoms with Crippen molar-refractivity contribution in [3.05, 3.63) is 77.0 Å². The Kier molecular flexibility index (Phi) is 5.17. The number of aromatic nitrogens is 1. The molecule has 1 aliphatic carbocycles. The van der Waals surface area contributed by atoms with Gasteiger partial charge in [0.15, 0.2) is 0 Å². The minimum Gasteiger partial charge on any atom is -0.341 e. The summed E-state index contributed by atoms with van der Waals surface area (Å²) in [6.45, 7) is 3.37. The topological polar surface area (TPSA) is 52.9 Å². The van der Waals surface area contributed by atoms with E-state index in [2.05, 4.69) is 14.8 Å². The fourth-order valence-corrected chi connectivity index (χ4v) is 5.80.